The molecule has 0 aliphatic heterocycles. The summed E-state index contributed by atoms with van der Waals surface area (Å²) in [4.78, 5) is 4.18. The maximum absolute atomic E-state index is 6.05. The fourth-order valence-electron chi connectivity index (χ4n) is 1.83. The van der Waals surface area contributed by atoms with Gasteiger partial charge in [0, 0.05) is 18.8 Å². The molecular formula is C11H8BrClN4. The normalized spacial score (nSPS) is 11.2. The van der Waals surface area contributed by atoms with Gasteiger partial charge in [-0.15, -0.1) is 0 Å². The molecule has 0 unspecified atom stereocenters. The third-order valence-corrected chi connectivity index (χ3v) is 3.49. The van der Waals surface area contributed by atoms with Gasteiger partial charge in [0.15, 0.2) is 0 Å². The molecule has 0 N–H and O–H groups in total. The Morgan fingerprint density at radius 2 is 2.12 bits per heavy atom. The average Bonchev–Trinajstić information content (AvgIpc) is 2.84. The highest BCUT2D eigenvalue weighted by Gasteiger charge is 2.10. The summed E-state index contributed by atoms with van der Waals surface area (Å²) in [5, 5.41) is 4.79. The number of imidazole rings is 1. The van der Waals surface area contributed by atoms with Crippen LogP contribution < -0.4 is 0 Å². The Morgan fingerprint density at radius 3 is 2.82 bits per heavy atom. The number of hydrogen-bond acceptors (Lipinski definition) is 2. The molecule has 0 radical (unpaired) electrons. The molecule has 3 heterocycles. The Balaban J connectivity index is 2.27. The second-order valence-electron chi connectivity index (χ2n) is 3.69. The lowest BCUT2D eigenvalue weighted by Crippen LogP contribution is -1.95. The predicted molar refractivity (Wildman–Crippen MR) is 70.1 cm³/mol. The van der Waals surface area contributed by atoms with Gasteiger partial charge in [0.05, 0.1) is 22.6 Å². The van der Waals surface area contributed by atoms with Crippen molar-refractivity contribution in [2.24, 2.45) is 7.05 Å². The van der Waals surface area contributed by atoms with Gasteiger partial charge in [-0.3, -0.25) is 9.08 Å². The summed E-state index contributed by atoms with van der Waals surface area (Å²) in [5.74, 6) is 0. The van der Waals surface area contributed by atoms with E-state index in [1.165, 1.54) is 0 Å². The highest BCUT2D eigenvalue weighted by molar-refractivity contribution is 9.10. The van der Waals surface area contributed by atoms with Crippen LogP contribution in [-0.2, 0) is 7.05 Å². The van der Waals surface area contributed by atoms with Crippen molar-refractivity contribution in [2.45, 2.75) is 0 Å². The van der Waals surface area contributed by atoms with E-state index in [0.29, 0.717) is 5.15 Å². The van der Waals surface area contributed by atoms with Gasteiger partial charge in [-0.05, 0) is 28.1 Å². The summed E-state index contributed by atoms with van der Waals surface area (Å²) >= 11 is 9.54. The molecule has 0 saturated heterocycles. The molecule has 0 saturated carbocycles. The van der Waals surface area contributed by atoms with Crippen molar-refractivity contribution >= 4 is 33.2 Å². The summed E-state index contributed by atoms with van der Waals surface area (Å²) < 4.78 is 4.61. The van der Waals surface area contributed by atoms with Crippen molar-refractivity contribution in [2.75, 3.05) is 0 Å². The van der Waals surface area contributed by atoms with Gasteiger partial charge in [-0.25, -0.2) is 4.98 Å². The second-order valence-corrected chi connectivity index (χ2v) is 4.93. The molecule has 0 aliphatic rings. The summed E-state index contributed by atoms with van der Waals surface area (Å²) in [5.41, 5.74) is 2.87. The van der Waals surface area contributed by atoms with Crippen LogP contribution in [0.1, 0.15) is 0 Å². The maximum atomic E-state index is 6.05. The number of nitrogens with zero attached hydrogens (tertiary/aromatic N) is 4. The summed E-state index contributed by atoms with van der Waals surface area (Å²) in [7, 11) is 1.90. The fraction of sp³-hybridized carbons (Fsp3) is 0.0909. The minimum atomic E-state index is 0.597. The van der Waals surface area contributed by atoms with E-state index in [1.54, 1.807) is 12.4 Å². The zero-order chi connectivity index (χ0) is 12.0. The third kappa shape index (κ3) is 1.66. The van der Waals surface area contributed by atoms with Crippen molar-refractivity contribution in [3.05, 3.63) is 40.3 Å². The van der Waals surface area contributed by atoms with Crippen molar-refractivity contribution in [3.63, 3.8) is 0 Å². The quantitative estimate of drug-likeness (QED) is 0.692. The first-order chi connectivity index (χ1) is 8.16. The number of fused-ring (bicyclic) bond motifs is 1. The first-order valence-electron chi connectivity index (χ1n) is 4.97. The summed E-state index contributed by atoms with van der Waals surface area (Å²) in [6.45, 7) is 0. The van der Waals surface area contributed by atoms with Crippen LogP contribution in [0.3, 0.4) is 0 Å². The predicted octanol–water partition coefficient (Wildman–Crippen LogP) is 3.15. The van der Waals surface area contributed by atoms with E-state index in [1.807, 2.05) is 34.5 Å². The SMILES string of the molecule is Cn1ncc(Br)c1-c1ccc2ncc(Cl)n2c1. The molecule has 3 aromatic rings. The van der Waals surface area contributed by atoms with Gasteiger partial charge < -0.3 is 0 Å². The van der Waals surface area contributed by atoms with Crippen molar-refractivity contribution in [1.29, 1.82) is 0 Å². The molecule has 0 spiro atoms. The molecule has 0 amide bonds. The Morgan fingerprint density at radius 1 is 1.29 bits per heavy atom. The molecular weight excluding hydrogens is 304 g/mol. The largest absolute Gasteiger partial charge is 0.290 e. The lowest BCUT2D eigenvalue weighted by Gasteiger charge is -2.04. The van der Waals surface area contributed by atoms with Crippen molar-refractivity contribution < 1.29 is 0 Å². The second kappa shape index (κ2) is 3.85. The van der Waals surface area contributed by atoms with E-state index in [-0.39, 0.29) is 0 Å². The molecule has 17 heavy (non-hydrogen) atoms. The number of rotatable bonds is 1. The van der Waals surface area contributed by atoms with E-state index < -0.39 is 0 Å². The highest BCUT2D eigenvalue weighted by atomic mass is 79.9. The lowest BCUT2D eigenvalue weighted by atomic mass is 10.2. The number of hydrogen-bond donors (Lipinski definition) is 0. The number of pyridine rings is 1. The van der Waals surface area contributed by atoms with Gasteiger partial charge in [-0.1, -0.05) is 11.6 Å². The fourth-order valence-corrected chi connectivity index (χ4v) is 2.59. The van der Waals surface area contributed by atoms with Crippen LogP contribution in [-0.4, -0.2) is 19.2 Å². The Labute approximate surface area is 111 Å². The lowest BCUT2D eigenvalue weighted by molar-refractivity contribution is 0.775. The number of halogens is 2. The smallest absolute Gasteiger partial charge is 0.137 e. The van der Waals surface area contributed by atoms with Gasteiger partial charge in [0.25, 0.3) is 0 Å². The Kier molecular flexibility index (Phi) is 2.45. The third-order valence-electron chi connectivity index (χ3n) is 2.63. The molecule has 0 atom stereocenters. The number of aromatic nitrogens is 4. The summed E-state index contributed by atoms with van der Waals surface area (Å²) in [6.07, 6.45) is 5.36. The van der Waals surface area contributed by atoms with E-state index in [4.69, 9.17) is 11.6 Å². The summed E-state index contributed by atoms with van der Waals surface area (Å²) in [6, 6.07) is 3.93. The van der Waals surface area contributed by atoms with Crippen LogP contribution in [0.2, 0.25) is 5.15 Å². The van der Waals surface area contributed by atoms with Gasteiger partial charge >= 0.3 is 0 Å². The van der Waals surface area contributed by atoms with Crippen LogP contribution in [0.15, 0.2) is 35.2 Å². The zero-order valence-corrected chi connectivity index (χ0v) is 11.3. The molecule has 0 aromatic carbocycles. The topological polar surface area (TPSA) is 35.1 Å². The van der Waals surface area contributed by atoms with Gasteiger partial charge in [0.2, 0.25) is 0 Å². The molecule has 3 rings (SSSR count). The first kappa shape index (κ1) is 10.8. The van der Waals surface area contributed by atoms with Crippen LogP contribution in [0, 0.1) is 0 Å². The molecule has 86 valence electrons. The average molecular weight is 312 g/mol. The number of aryl methyl sites for hydroxylation is 1. The van der Waals surface area contributed by atoms with Gasteiger partial charge in [0.1, 0.15) is 10.8 Å². The van der Waals surface area contributed by atoms with Crippen molar-refractivity contribution in [3.8, 4) is 11.3 Å². The standard InChI is InChI=1S/C11H8BrClN4/c1-16-11(8(12)4-15-16)7-2-3-10-14-5-9(13)17(10)6-7/h2-6H,1H3. The van der Waals surface area contributed by atoms with Gasteiger partial charge in [-0.2, -0.15) is 5.10 Å². The minimum Gasteiger partial charge on any atom is -0.290 e. The van der Waals surface area contributed by atoms with Crippen LogP contribution in [0.5, 0.6) is 0 Å². The maximum Gasteiger partial charge on any atom is 0.137 e. The molecule has 0 bridgehead atoms. The van der Waals surface area contributed by atoms with Crippen LogP contribution in [0.25, 0.3) is 16.9 Å². The monoisotopic (exact) mass is 310 g/mol. The van der Waals surface area contributed by atoms with E-state index >= 15 is 0 Å². The zero-order valence-electron chi connectivity index (χ0n) is 8.93. The first-order valence-corrected chi connectivity index (χ1v) is 6.14. The molecule has 0 fully saturated rings. The Hall–Kier alpha value is -1.33. The van der Waals surface area contributed by atoms with Crippen LogP contribution in [0.4, 0.5) is 0 Å². The minimum absolute atomic E-state index is 0.597. The molecule has 3 aromatic heterocycles. The van der Waals surface area contributed by atoms with E-state index in [9.17, 15) is 0 Å². The van der Waals surface area contributed by atoms with E-state index in [2.05, 4.69) is 26.0 Å². The van der Waals surface area contributed by atoms with E-state index in [0.717, 1.165) is 21.4 Å². The molecule has 4 nitrogen and oxygen atoms in total. The van der Waals surface area contributed by atoms with Crippen LogP contribution >= 0.6 is 27.5 Å². The highest BCUT2D eigenvalue weighted by Crippen LogP contribution is 2.28. The van der Waals surface area contributed by atoms with Crippen molar-refractivity contribution in [1.82, 2.24) is 19.2 Å². The molecule has 6 heteroatoms. The molecule has 0 aliphatic carbocycles. The Bertz CT molecular complexity index is 681.